The van der Waals surface area contributed by atoms with Crippen molar-refractivity contribution in [2.24, 2.45) is 11.7 Å². The number of carbonyl (C=O) groups excluding carboxylic acids is 1. The van der Waals surface area contributed by atoms with Crippen LogP contribution < -0.4 is 11.1 Å². The van der Waals surface area contributed by atoms with Crippen LogP contribution >= 0.6 is 0 Å². The van der Waals surface area contributed by atoms with E-state index in [4.69, 9.17) is 5.73 Å². The van der Waals surface area contributed by atoms with Gasteiger partial charge in [0, 0.05) is 6.07 Å². The Morgan fingerprint density at radius 2 is 2.21 bits per heavy atom. The Balaban J connectivity index is 2.83. The van der Waals surface area contributed by atoms with E-state index in [0.29, 0.717) is 0 Å². The van der Waals surface area contributed by atoms with Crippen LogP contribution in [0.3, 0.4) is 0 Å². The van der Waals surface area contributed by atoms with Crippen LogP contribution in [0.5, 0.6) is 0 Å². The lowest BCUT2D eigenvalue weighted by molar-refractivity contribution is -0.385. The van der Waals surface area contributed by atoms with Gasteiger partial charge in [-0.1, -0.05) is 20.3 Å². The minimum atomic E-state index is -0.862. The Labute approximate surface area is 109 Å². The van der Waals surface area contributed by atoms with Crippen molar-refractivity contribution in [3.63, 3.8) is 0 Å². The second kappa shape index (κ2) is 6.24. The van der Waals surface area contributed by atoms with E-state index >= 15 is 0 Å². The van der Waals surface area contributed by atoms with Crippen LogP contribution in [0, 0.1) is 21.8 Å². The van der Waals surface area contributed by atoms with Gasteiger partial charge in [-0.25, -0.2) is 4.39 Å². The molecule has 0 aromatic heterocycles. The highest BCUT2D eigenvalue weighted by atomic mass is 19.1. The molecule has 0 saturated heterocycles. The molecule has 7 heteroatoms. The summed E-state index contributed by atoms with van der Waals surface area (Å²) in [5.41, 5.74) is 5.21. The summed E-state index contributed by atoms with van der Waals surface area (Å²) in [6, 6.07) is 2.27. The number of benzene rings is 1. The molecule has 1 amide bonds. The van der Waals surface area contributed by atoms with Crippen LogP contribution in [0.15, 0.2) is 18.2 Å². The molecule has 0 spiro atoms. The molecule has 0 aliphatic heterocycles. The van der Waals surface area contributed by atoms with E-state index < -0.39 is 22.7 Å². The van der Waals surface area contributed by atoms with Gasteiger partial charge in [-0.2, -0.15) is 0 Å². The third-order valence-corrected chi connectivity index (χ3v) is 2.98. The van der Waals surface area contributed by atoms with Crippen molar-refractivity contribution < 1.29 is 14.1 Å². The molecule has 3 N–H and O–H groups in total. The summed E-state index contributed by atoms with van der Waals surface area (Å²) in [6.07, 6.45) is 0.720. The van der Waals surface area contributed by atoms with Crippen molar-refractivity contribution in [2.45, 2.75) is 26.3 Å². The molecule has 0 radical (unpaired) electrons. The first-order valence-corrected chi connectivity index (χ1v) is 5.87. The van der Waals surface area contributed by atoms with E-state index in [9.17, 15) is 19.3 Å². The number of rotatable bonds is 5. The Hall–Kier alpha value is -2.02. The summed E-state index contributed by atoms with van der Waals surface area (Å²) in [5.74, 6) is -1.41. The lowest BCUT2D eigenvalue weighted by Crippen LogP contribution is -2.40. The predicted molar refractivity (Wildman–Crippen MR) is 69.1 cm³/mol. The fraction of sp³-hybridized carbons (Fsp3) is 0.417. The van der Waals surface area contributed by atoms with Crippen molar-refractivity contribution in [1.29, 1.82) is 0 Å². The largest absolute Gasteiger partial charge is 0.322 e. The van der Waals surface area contributed by atoms with Gasteiger partial charge in [0.25, 0.3) is 5.69 Å². The number of nitrogens with zero attached hydrogens (tertiary/aromatic N) is 1. The Morgan fingerprint density at radius 1 is 1.58 bits per heavy atom. The van der Waals surface area contributed by atoms with Gasteiger partial charge >= 0.3 is 0 Å². The molecular weight excluding hydrogens is 253 g/mol. The lowest BCUT2D eigenvalue weighted by Gasteiger charge is -2.17. The Bertz CT molecular complexity index is 493. The summed E-state index contributed by atoms with van der Waals surface area (Å²) >= 11 is 0. The maximum absolute atomic E-state index is 13.6. The molecule has 0 heterocycles. The van der Waals surface area contributed by atoms with Gasteiger partial charge in [0.15, 0.2) is 5.82 Å². The number of carbonyl (C=O) groups is 1. The third-order valence-electron chi connectivity index (χ3n) is 2.98. The van der Waals surface area contributed by atoms with Crippen LogP contribution in [0.1, 0.15) is 20.3 Å². The maximum atomic E-state index is 13.6. The average molecular weight is 269 g/mol. The van der Waals surface area contributed by atoms with E-state index in [1.165, 1.54) is 0 Å². The zero-order valence-corrected chi connectivity index (χ0v) is 10.7. The number of hydrogen-bond acceptors (Lipinski definition) is 4. The van der Waals surface area contributed by atoms with E-state index in [2.05, 4.69) is 5.32 Å². The molecule has 1 aromatic carbocycles. The molecule has 0 bridgehead atoms. The van der Waals surface area contributed by atoms with E-state index in [0.717, 1.165) is 24.6 Å². The topological polar surface area (TPSA) is 98.3 Å². The normalized spacial score (nSPS) is 13.7. The molecule has 2 atom stereocenters. The Kier molecular flexibility index (Phi) is 4.94. The first-order chi connectivity index (χ1) is 8.86. The van der Waals surface area contributed by atoms with Crippen molar-refractivity contribution in [2.75, 3.05) is 5.32 Å². The minimum Gasteiger partial charge on any atom is -0.322 e. The second-order valence-corrected chi connectivity index (χ2v) is 4.32. The van der Waals surface area contributed by atoms with Gasteiger partial charge in [-0.3, -0.25) is 14.9 Å². The van der Waals surface area contributed by atoms with Crippen LogP contribution in [-0.2, 0) is 4.79 Å². The van der Waals surface area contributed by atoms with Gasteiger partial charge < -0.3 is 11.1 Å². The number of non-ortho nitro benzene ring substituents is 1. The highest BCUT2D eigenvalue weighted by Gasteiger charge is 2.21. The van der Waals surface area contributed by atoms with Gasteiger partial charge in [-0.05, 0) is 12.0 Å². The third kappa shape index (κ3) is 3.72. The quantitative estimate of drug-likeness (QED) is 0.631. The fourth-order valence-electron chi connectivity index (χ4n) is 1.45. The van der Waals surface area contributed by atoms with Gasteiger partial charge in [0.05, 0.1) is 22.7 Å². The summed E-state index contributed by atoms with van der Waals surface area (Å²) < 4.78 is 13.6. The lowest BCUT2D eigenvalue weighted by atomic mass is 9.99. The molecule has 0 saturated carbocycles. The first kappa shape index (κ1) is 15.0. The van der Waals surface area contributed by atoms with E-state index in [1.807, 2.05) is 13.8 Å². The molecule has 0 aliphatic carbocycles. The zero-order valence-electron chi connectivity index (χ0n) is 10.7. The van der Waals surface area contributed by atoms with Gasteiger partial charge in [-0.15, -0.1) is 0 Å². The molecule has 19 heavy (non-hydrogen) atoms. The second-order valence-electron chi connectivity index (χ2n) is 4.32. The van der Waals surface area contributed by atoms with Gasteiger partial charge in [0.1, 0.15) is 0 Å². The van der Waals surface area contributed by atoms with Crippen LogP contribution in [0.2, 0.25) is 0 Å². The van der Waals surface area contributed by atoms with Crippen LogP contribution in [0.4, 0.5) is 15.8 Å². The molecule has 1 rings (SSSR count). The summed E-state index contributed by atoms with van der Waals surface area (Å²) in [4.78, 5) is 21.5. The minimum absolute atomic E-state index is 0.0406. The average Bonchev–Trinajstić information content (AvgIpc) is 2.38. The maximum Gasteiger partial charge on any atom is 0.272 e. The van der Waals surface area contributed by atoms with Crippen LogP contribution in [0.25, 0.3) is 0 Å². The fourth-order valence-corrected chi connectivity index (χ4v) is 1.45. The smallest absolute Gasteiger partial charge is 0.272 e. The molecule has 0 aliphatic rings. The first-order valence-electron chi connectivity index (χ1n) is 5.87. The molecule has 1 unspecified atom stereocenters. The van der Waals surface area contributed by atoms with Crippen molar-refractivity contribution in [3.8, 4) is 0 Å². The molecule has 0 fully saturated rings. The number of nitro groups is 1. The summed E-state index contributed by atoms with van der Waals surface area (Å²) in [5, 5.41) is 12.8. The number of nitro benzene ring substituents is 1. The van der Waals surface area contributed by atoms with Crippen molar-refractivity contribution in [3.05, 3.63) is 34.1 Å². The molecule has 6 nitrogen and oxygen atoms in total. The van der Waals surface area contributed by atoms with Crippen molar-refractivity contribution in [1.82, 2.24) is 0 Å². The number of nitrogens with one attached hydrogen (secondary N) is 1. The van der Waals surface area contributed by atoms with Crippen molar-refractivity contribution >= 4 is 17.3 Å². The summed E-state index contributed by atoms with van der Waals surface area (Å²) in [6.45, 7) is 3.71. The number of amides is 1. The van der Waals surface area contributed by atoms with Crippen LogP contribution in [-0.4, -0.2) is 16.9 Å². The molecular formula is C12H16FN3O3. The number of nitrogens with two attached hydrogens (primary N) is 1. The predicted octanol–water partition coefficient (Wildman–Crippen LogP) is 2.05. The van der Waals surface area contributed by atoms with E-state index in [-0.39, 0.29) is 17.3 Å². The number of anilines is 1. The standard InChI is InChI=1S/C12H16FN3O3/c1-3-7(2)11(14)12(17)15-10-5-4-8(16(18)19)6-9(10)13/h4-7,11H,3,14H2,1-2H3,(H,15,17)/t7?,11-/m0/s1. The number of halogens is 1. The summed E-state index contributed by atoms with van der Waals surface area (Å²) in [7, 11) is 0. The highest BCUT2D eigenvalue weighted by Crippen LogP contribution is 2.21. The zero-order chi connectivity index (χ0) is 14.6. The monoisotopic (exact) mass is 269 g/mol. The number of hydrogen-bond donors (Lipinski definition) is 2. The highest BCUT2D eigenvalue weighted by molar-refractivity contribution is 5.95. The van der Waals surface area contributed by atoms with E-state index in [1.54, 1.807) is 0 Å². The Morgan fingerprint density at radius 3 is 2.68 bits per heavy atom. The van der Waals surface area contributed by atoms with Gasteiger partial charge in [0.2, 0.25) is 5.91 Å². The SMILES string of the molecule is CCC(C)[C@H](N)C(=O)Nc1ccc([N+](=O)[O-])cc1F. The molecule has 104 valence electrons. The molecule has 1 aromatic rings.